The molecule has 1 atom stereocenters. The van der Waals surface area contributed by atoms with Gasteiger partial charge in [0.15, 0.2) is 0 Å². The van der Waals surface area contributed by atoms with E-state index in [1.807, 2.05) is 49.9 Å². The van der Waals surface area contributed by atoms with Gasteiger partial charge in [-0.2, -0.15) is 0 Å². The molecule has 0 spiro atoms. The first-order valence-electron chi connectivity index (χ1n) is 6.10. The molecule has 0 saturated carbocycles. The van der Waals surface area contributed by atoms with Crippen molar-refractivity contribution >= 4 is 21.8 Å². The zero-order chi connectivity index (χ0) is 13.3. The van der Waals surface area contributed by atoms with E-state index in [1.54, 1.807) is 0 Å². The lowest BCUT2D eigenvalue weighted by molar-refractivity contribution is -0.0756. The molecule has 98 valence electrons. The highest BCUT2D eigenvalue weighted by Gasteiger charge is 2.37. The number of nitrogens with zero attached hydrogens (tertiary/aromatic N) is 1. The zero-order valence-corrected chi connectivity index (χ0v) is 12.5. The Kier molecular flexibility index (Phi) is 3.78. The Bertz CT molecular complexity index is 459. The predicted molar refractivity (Wildman–Crippen MR) is 74.7 cm³/mol. The molecule has 1 fully saturated rings. The third-order valence-electron chi connectivity index (χ3n) is 3.24. The molecule has 18 heavy (non-hydrogen) atoms. The van der Waals surface area contributed by atoms with Crippen LogP contribution in [0.1, 0.15) is 31.1 Å². The summed E-state index contributed by atoms with van der Waals surface area (Å²) in [5, 5.41) is 0. The van der Waals surface area contributed by atoms with Gasteiger partial charge in [0.1, 0.15) is 0 Å². The summed E-state index contributed by atoms with van der Waals surface area (Å²) in [6.45, 7) is 7.27. The molecule has 0 N–H and O–H groups in total. The highest BCUT2D eigenvalue weighted by Crippen LogP contribution is 2.26. The fourth-order valence-electron chi connectivity index (χ4n) is 2.12. The number of benzene rings is 1. The molecule has 2 rings (SSSR count). The molecule has 1 aliphatic rings. The molecule has 1 amide bonds. The van der Waals surface area contributed by atoms with E-state index in [1.165, 1.54) is 0 Å². The average Bonchev–Trinajstić information content (AvgIpc) is 2.32. The maximum atomic E-state index is 12.6. The number of halogens is 1. The molecular weight excluding hydrogens is 294 g/mol. The zero-order valence-electron chi connectivity index (χ0n) is 10.9. The highest BCUT2D eigenvalue weighted by atomic mass is 79.9. The van der Waals surface area contributed by atoms with Crippen LogP contribution in [-0.2, 0) is 4.74 Å². The van der Waals surface area contributed by atoms with Crippen LogP contribution in [0.2, 0.25) is 0 Å². The van der Waals surface area contributed by atoms with Gasteiger partial charge in [-0.05, 0) is 48.8 Å². The van der Waals surface area contributed by atoms with Crippen LogP contribution in [0.25, 0.3) is 0 Å². The molecule has 1 aromatic rings. The van der Waals surface area contributed by atoms with Crippen molar-refractivity contribution < 1.29 is 9.53 Å². The summed E-state index contributed by atoms with van der Waals surface area (Å²) >= 11 is 3.44. The van der Waals surface area contributed by atoms with Gasteiger partial charge < -0.3 is 9.64 Å². The van der Waals surface area contributed by atoms with Crippen LogP contribution in [0, 0.1) is 0 Å². The molecule has 0 aromatic heterocycles. The third-order valence-corrected chi connectivity index (χ3v) is 3.93. The Labute approximate surface area is 116 Å². The molecule has 1 aromatic carbocycles. The largest absolute Gasteiger partial charge is 0.374 e. The number of hydrogen-bond donors (Lipinski definition) is 0. The maximum absolute atomic E-state index is 12.6. The second-order valence-electron chi connectivity index (χ2n) is 5.33. The Morgan fingerprint density at radius 3 is 2.78 bits per heavy atom. The van der Waals surface area contributed by atoms with Gasteiger partial charge in [-0.25, -0.2) is 0 Å². The minimum atomic E-state index is -0.265. The lowest BCUT2D eigenvalue weighted by Gasteiger charge is -2.44. The van der Waals surface area contributed by atoms with Crippen molar-refractivity contribution in [3.63, 3.8) is 0 Å². The van der Waals surface area contributed by atoms with Crippen LogP contribution >= 0.6 is 15.9 Å². The molecule has 0 radical (unpaired) electrons. The third kappa shape index (κ3) is 2.59. The summed E-state index contributed by atoms with van der Waals surface area (Å²) in [7, 11) is 0. The van der Waals surface area contributed by atoms with Gasteiger partial charge in [-0.15, -0.1) is 0 Å². The summed E-state index contributed by atoms with van der Waals surface area (Å²) in [5.41, 5.74) is 0.443. The second kappa shape index (κ2) is 5.02. The lowest BCUT2D eigenvalue weighted by Crippen LogP contribution is -2.57. The SMILES string of the molecule is CC1CN(C(=O)c2ccccc2Br)C(C)(C)CO1. The van der Waals surface area contributed by atoms with Crippen molar-refractivity contribution in [2.24, 2.45) is 0 Å². The van der Waals surface area contributed by atoms with E-state index < -0.39 is 0 Å². The van der Waals surface area contributed by atoms with Crippen LogP contribution in [0.3, 0.4) is 0 Å². The molecule has 1 saturated heterocycles. The average molecular weight is 312 g/mol. The molecule has 1 heterocycles. The van der Waals surface area contributed by atoms with Crippen molar-refractivity contribution in [3.8, 4) is 0 Å². The van der Waals surface area contributed by atoms with Crippen LogP contribution in [0.4, 0.5) is 0 Å². The Morgan fingerprint density at radius 2 is 2.11 bits per heavy atom. The van der Waals surface area contributed by atoms with Crippen molar-refractivity contribution in [2.75, 3.05) is 13.2 Å². The molecule has 0 bridgehead atoms. The molecular formula is C14H18BrNO2. The number of amides is 1. The van der Waals surface area contributed by atoms with Crippen LogP contribution < -0.4 is 0 Å². The van der Waals surface area contributed by atoms with Crippen molar-refractivity contribution in [3.05, 3.63) is 34.3 Å². The number of hydrogen-bond acceptors (Lipinski definition) is 2. The second-order valence-corrected chi connectivity index (χ2v) is 6.18. The van der Waals surface area contributed by atoms with Crippen molar-refractivity contribution in [1.82, 2.24) is 4.90 Å². The number of carbonyl (C=O) groups is 1. The minimum Gasteiger partial charge on any atom is -0.374 e. The summed E-state index contributed by atoms with van der Waals surface area (Å²) in [4.78, 5) is 14.5. The van der Waals surface area contributed by atoms with Gasteiger partial charge in [-0.1, -0.05) is 12.1 Å². The lowest BCUT2D eigenvalue weighted by atomic mass is 9.99. The van der Waals surface area contributed by atoms with E-state index >= 15 is 0 Å². The van der Waals surface area contributed by atoms with Crippen molar-refractivity contribution in [2.45, 2.75) is 32.4 Å². The van der Waals surface area contributed by atoms with E-state index in [-0.39, 0.29) is 17.6 Å². The number of morpholine rings is 1. The Balaban J connectivity index is 2.30. The van der Waals surface area contributed by atoms with E-state index in [0.717, 1.165) is 4.47 Å². The summed E-state index contributed by atoms with van der Waals surface area (Å²) < 4.78 is 6.47. The minimum absolute atomic E-state index is 0.0580. The van der Waals surface area contributed by atoms with E-state index in [9.17, 15) is 4.79 Å². The first-order chi connectivity index (χ1) is 8.42. The van der Waals surface area contributed by atoms with Gasteiger partial charge in [-0.3, -0.25) is 4.79 Å². The van der Waals surface area contributed by atoms with Crippen LogP contribution in [0.15, 0.2) is 28.7 Å². The topological polar surface area (TPSA) is 29.5 Å². The molecule has 4 heteroatoms. The first-order valence-corrected chi connectivity index (χ1v) is 6.89. The monoisotopic (exact) mass is 311 g/mol. The molecule has 0 aliphatic carbocycles. The number of rotatable bonds is 1. The fraction of sp³-hybridized carbons (Fsp3) is 0.500. The van der Waals surface area contributed by atoms with E-state index in [4.69, 9.17) is 4.74 Å². The van der Waals surface area contributed by atoms with Crippen LogP contribution in [-0.4, -0.2) is 35.6 Å². The van der Waals surface area contributed by atoms with Crippen molar-refractivity contribution in [1.29, 1.82) is 0 Å². The first kappa shape index (κ1) is 13.6. The number of carbonyl (C=O) groups excluding carboxylic acids is 1. The van der Waals surface area contributed by atoms with E-state index in [0.29, 0.717) is 18.7 Å². The summed E-state index contributed by atoms with van der Waals surface area (Å²) in [6.07, 6.45) is 0.0875. The van der Waals surface area contributed by atoms with Crippen LogP contribution in [0.5, 0.6) is 0 Å². The molecule has 1 aliphatic heterocycles. The maximum Gasteiger partial charge on any atom is 0.255 e. The molecule has 3 nitrogen and oxygen atoms in total. The smallest absolute Gasteiger partial charge is 0.255 e. The van der Waals surface area contributed by atoms with Gasteiger partial charge in [0.05, 0.1) is 23.8 Å². The summed E-state index contributed by atoms with van der Waals surface area (Å²) in [5.74, 6) is 0.0580. The van der Waals surface area contributed by atoms with Gasteiger partial charge in [0.25, 0.3) is 5.91 Å². The van der Waals surface area contributed by atoms with E-state index in [2.05, 4.69) is 15.9 Å². The summed E-state index contributed by atoms with van der Waals surface area (Å²) in [6, 6.07) is 7.54. The normalized spacial score (nSPS) is 22.9. The van der Waals surface area contributed by atoms with Gasteiger partial charge in [0.2, 0.25) is 0 Å². The Hall–Kier alpha value is -0.870. The number of ether oxygens (including phenoxy) is 1. The van der Waals surface area contributed by atoms with Gasteiger partial charge in [0, 0.05) is 11.0 Å². The standard InChI is InChI=1S/C14H18BrNO2/c1-10-8-16(14(2,3)9-18-10)13(17)11-6-4-5-7-12(11)15/h4-7,10H,8-9H2,1-3H3. The van der Waals surface area contributed by atoms with Gasteiger partial charge >= 0.3 is 0 Å². The quantitative estimate of drug-likeness (QED) is 0.797. The molecule has 1 unspecified atom stereocenters. The fourth-order valence-corrected chi connectivity index (χ4v) is 2.57. The highest BCUT2D eigenvalue weighted by molar-refractivity contribution is 9.10. The predicted octanol–water partition coefficient (Wildman–Crippen LogP) is 3.09. The Morgan fingerprint density at radius 1 is 1.44 bits per heavy atom.